The Hall–Kier alpha value is -1.66. The van der Waals surface area contributed by atoms with Gasteiger partial charge in [-0.1, -0.05) is 0 Å². The fraction of sp³-hybridized carbons (Fsp3) is 0.455. The number of H-pyrrole nitrogens is 1. The van der Waals surface area contributed by atoms with Gasteiger partial charge < -0.3 is 15.4 Å². The van der Waals surface area contributed by atoms with Crippen molar-refractivity contribution in [2.24, 2.45) is 0 Å². The van der Waals surface area contributed by atoms with Crippen LogP contribution in [0.15, 0.2) is 24.8 Å². The summed E-state index contributed by atoms with van der Waals surface area (Å²) < 4.78 is 1.73. The first-order chi connectivity index (χ1) is 8.29. The van der Waals surface area contributed by atoms with E-state index in [9.17, 15) is 0 Å². The zero-order valence-corrected chi connectivity index (χ0v) is 9.80. The Kier molecular flexibility index (Phi) is 3.89. The van der Waals surface area contributed by atoms with E-state index in [1.807, 2.05) is 12.4 Å². The molecule has 0 saturated carbocycles. The molecule has 0 radical (unpaired) electrons. The van der Waals surface area contributed by atoms with Gasteiger partial charge in [0.1, 0.15) is 5.82 Å². The lowest BCUT2D eigenvalue weighted by Gasteiger charge is -2.09. The van der Waals surface area contributed by atoms with E-state index in [2.05, 4.69) is 27.3 Å². The topological polar surface area (TPSA) is 78.8 Å². The molecule has 6 heteroatoms. The molecule has 2 rings (SSSR count). The van der Waals surface area contributed by atoms with Crippen LogP contribution in [-0.4, -0.2) is 31.5 Å². The maximum atomic E-state index is 8.78. The molecule has 2 heterocycles. The Morgan fingerprint density at radius 2 is 2.47 bits per heavy atom. The standard InChI is InChI=1S/C11H17N5O/c1-9(11-12-2-3-13-11)14-6-10-7-15-16(8-10)4-5-17/h2-3,7-9,14,17H,4-6H2,1H3,(H,12,13). The summed E-state index contributed by atoms with van der Waals surface area (Å²) in [7, 11) is 0. The fourth-order valence-electron chi connectivity index (χ4n) is 1.60. The van der Waals surface area contributed by atoms with E-state index in [0.717, 1.165) is 17.9 Å². The third-order valence-electron chi connectivity index (χ3n) is 2.56. The van der Waals surface area contributed by atoms with Crippen LogP contribution in [0.25, 0.3) is 0 Å². The number of nitrogens with zero attached hydrogens (tertiary/aromatic N) is 3. The molecule has 3 N–H and O–H groups in total. The zero-order valence-electron chi connectivity index (χ0n) is 9.80. The largest absolute Gasteiger partial charge is 0.394 e. The van der Waals surface area contributed by atoms with Gasteiger partial charge in [0.2, 0.25) is 0 Å². The molecule has 1 unspecified atom stereocenters. The van der Waals surface area contributed by atoms with Crippen LogP contribution in [0.2, 0.25) is 0 Å². The van der Waals surface area contributed by atoms with Crippen LogP contribution in [-0.2, 0) is 13.1 Å². The smallest absolute Gasteiger partial charge is 0.122 e. The van der Waals surface area contributed by atoms with Crippen molar-refractivity contribution in [2.45, 2.75) is 26.1 Å². The summed E-state index contributed by atoms with van der Waals surface area (Å²) in [6.07, 6.45) is 7.29. The van der Waals surface area contributed by atoms with Crippen LogP contribution >= 0.6 is 0 Å². The molecule has 0 aliphatic rings. The number of aliphatic hydroxyl groups is 1. The molecule has 0 fully saturated rings. The molecule has 0 saturated heterocycles. The van der Waals surface area contributed by atoms with Crippen LogP contribution in [0.4, 0.5) is 0 Å². The highest BCUT2D eigenvalue weighted by atomic mass is 16.3. The molecule has 0 bridgehead atoms. The van der Waals surface area contributed by atoms with Crippen LogP contribution in [0.1, 0.15) is 24.4 Å². The Morgan fingerprint density at radius 3 is 3.18 bits per heavy atom. The number of aliphatic hydroxyl groups excluding tert-OH is 1. The molecular weight excluding hydrogens is 218 g/mol. The molecule has 2 aromatic heterocycles. The van der Waals surface area contributed by atoms with E-state index in [-0.39, 0.29) is 12.6 Å². The van der Waals surface area contributed by atoms with E-state index < -0.39 is 0 Å². The van der Waals surface area contributed by atoms with Gasteiger partial charge in [-0.15, -0.1) is 0 Å². The third-order valence-corrected chi connectivity index (χ3v) is 2.56. The Labute approximate surface area is 99.7 Å². The van der Waals surface area contributed by atoms with Gasteiger partial charge in [-0.2, -0.15) is 5.10 Å². The minimum Gasteiger partial charge on any atom is -0.394 e. The van der Waals surface area contributed by atoms with Gasteiger partial charge in [-0.3, -0.25) is 4.68 Å². The molecule has 0 aliphatic carbocycles. The zero-order chi connectivity index (χ0) is 12.1. The first kappa shape index (κ1) is 11.8. The number of imidazole rings is 1. The van der Waals surface area contributed by atoms with Crippen molar-refractivity contribution in [3.63, 3.8) is 0 Å². The van der Waals surface area contributed by atoms with E-state index in [4.69, 9.17) is 5.11 Å². The lowest BCUT2D eigenvalue weighted by molar-refractivity contribution is 0.269. The summed E-state index contributed by atoms with van der Waals surface area (Å²) >= 11 is 0. The molecular formula is C11H17N5O. The van der Waals surface area contributed by atoms with E-state index >= 15 is 0 Å². The van der Waals surface area contributed by atoms with Crippen LogP contribution < -0.4 is 5.32 Å². The van der Waals surface area contributed by atoms with Gasteiger partial charge in [0, 0.05) is 30.7 Å². The van der Waals surface area contributed by atoms with Crippen LogP contribution in [0, 0.1) is 0 Å². The van der Waals surface area contributed by atoms with E-state index in [0.29, 0.717) is 6.54 Å². The fourth-order valence-corrected chi connectivity index (χ4v) is 1.60. The Morgan fingerprint density at radius 1 is 1.59 bits per heavy atom. The SMILES string of the molecule is CC(NCc1cnn(CCO)c1)c1ncc[nH]1. The van der Waals surface area contributed by atoms with Crippen molar-refractivity contribution in [3.05, 3.63) is 36.2 Å². The Balaban J connectivity index is 1.84. The average molecular weight is 235 g/mol. The summed E-state index contributed by atoms with van der Waals surface area (Å²) in [6.45, 7) is 3.43. The number of rotatable bonds is 6. The molecule has 17 heavy (non-hydrogen) atoms. The summed E-state index contributed by atoms with van der Waals surface area (Å²) in [5, 5.41) is 16.3. The number of aromatic nitrogens is 4. The number of nitrogens with one attached hydrogen (secondary N) is 2. The molecule has 0 aliphatic heterocycles. The summed E-state index contributed by atoms with van der Waals surface area (Å²) in [5.41, 5.74) is 1.09. The maximum absolute atomic E-state index is 8.78. The van der Waals surface area contributed by atoms with Crippen LogP contribution in [0.5, 0.6) is 0 Å². The minimum absolute atomic E-state index is 0.108. The normalized spacial score (nSPS) is 12.8. The predicted octanol–water partition coefficient (Wildman–Crippen LogP) is 0.449. The van der Waals surface area contributed by atoms with Gasteiger partial charge in [-0.05, 0) is 6.92 Å². The molecule has 0 spiro atoms. The first-order valence-electron chi connectivity index (χ1n) is 5.64. The summed E-state index contributed by atoms with van der Waals surface area (Å²) in [5.74, 6) is 0.924. The highest BCUT2D eigenvalue weighted by Crippen LogP contribution is 2.07. The van der Waals surface area contributed by atoms with Crippen molar-refractivity contribution in [2.75, 3.05) is 6.61 Å². The lowest BCUT2D eigenvalue weighted by atomic mass is 10.3. The third kappa shape index (κ3) is 3.15. The number of hydrogen-bond donors (Lipinski definition) is 3. The second-order valence-corrected chi connectivity index (χ2v) is 3.91. The molecule has 2 aromatic rings. The molecule has 0 amide bonds. The quantitative estimate of drug-likeness (QED) is 0.679. The maximum Gasteiger partial charge on any atom is 0.122 e. The highest BCUT2D eigenvalue weighted by molar-refractivity contribution is 5.04. The molecule has 0 aromatic carbocycles. The van der Waals surface area contributed by atoms with Crippen molar-refractivity contribution >= 4 is 0 Å². The van der Waals surface area contributed by atoms with Gasteiger partial charge >= 0.3 is 0 Å². The summed E-state index contributed by atoms with van der Waals surface area (Å²) in [6, 6.07) is 0.172. The number of hydrogen-bond acceptors (Lipinski definition) is 4. The van der Waals surface area contributed by atoms with Crippen molar-refractivity contribution in [1.29, 1.82) is 0 Å². The second-order valence-electron chi connectivity index (χ2n) is 3.91. The van der Waals surface area contributed by atoms with E-state index in [1.54, 1.807) is 17.1 Å². The second kappa shape index (κ2) is 5.60. The minimum atomic E-state index is 0.108. The van der Waals surface area contributed by atoms with Crippen molar-refractivity contribution in [1.82, 2.24) is 25.1 Å². The molecule has 1 atom stereocenters. The van der Waals surface area contributed by atoms with Crippen molar-refractivity contribution in [3.8, 4) is 0 Å². The van der Waals surface area contributed by atoms with Gasteiger partial charge in [-0.25, -0.2) is 4.98 Å². The lowest BCUT2D eigenvalue weighted by Crippen LogP contribution is -2.18. The van der Waals surface area contributed by atoms with Gasteiger partial charge in [0.05, 0.1) is 25.4 Å². The average Bonchev–Trinajstić information content (AvgIpc) is 2.97. The molecule has 92 valence electrons. The predicted molar refractivity (Wildman–Crippen MR) is 63.2 cm³/mol. The monoisotopic (exact) mass is 235 g/mol. The van der Waals surface area contributed by atoms with Gasteiger partial charge in [0.15, 0.2) is 0 Å². The van der Waals surface area contributed by atoms with Crippen LogP contribution in [0.3, 0.4) is 0 Å². The summed E-state index contributed by atoms with van der Waals surface area (Å²) in [4.78, 5) is 7.26. The van der Waals surface area contributed by atoms with E-state index in [1.165, 1.54) is 0 Å². The van der Waals surface area contributed by atoms with Crippen molar-refractivity contribution < 1.29 is 5.11 Å². The van der Waals surface area contributed by atoms with Gasteiger partial charge in [0.25, 0.3) is 0 Å². The molecule has 6 nitrogen and oxygen atoms in total. The first-order valence-corrected chi connectivity index (χ1v) is 5.64. The Bertz CT molecular complexity index is 436. The number of aromatic amines is 1. The highest BCUT2D eigenvalue weighted by Gasteiger charge is 2.07.